The van der Waals surface area contributed by atoms with Crippen LogP contribution in [0.25, 0.3) is 0 Å². The Balaban J connectivity index is 2.23. The Bertz CT molecular complexity index is 723. The van der Waals surface area contributed by atoms with Crippen molar-refractivity contribution in [1.82, 2.24) is 4.57 Å². The molecule has 0 unspecified atom stereocenters. The molecule has 94 valence electrons. The lowest BCUT2D eigenvalue weighted by molar-refractivity contribution is 0.0993. The van der Waals surface area contributed by atoms with E-state index in [1.54, 1.807) is 43.6 Å². The molecular weight excluding hydrogens is 240 g/mol. The largest absolute Gasteiger partial charge is 0.318 e. The molecule has 0 bridgehead atoms. The Hall–Kier alpha value is -2.67. The molecule has 0 amide bonds. The zero-order chi connectivity index (χ0) is 13.8. The minimum absolute atomic E-state index is 0.0734. The van der Waals surface area contributed by atoms with Crippen molar-refractivity contribution in [3.63, 3.8) is 0 Å². The zero-order valence-corrected chi connectivity index (χ0v) is 10.5. The summed E-state index contributed by atoms with van der Waals surface area (Å²) in [6.45, 7) is 0. The van der Waals surface area contributed by atoms with Crippen LogP contribution in [0.5, 0.6) is 0 Å². The van der Waals surface area contributed by atoms with Gasteiger partial charge in [-0.1, -0.05) is 18.2 Å². The lowest BCUT2D eigenvalue weighted by atomic mass is 10.0. The van der Waals surface area contributed by atoms with Crippen LogP contribution >= 0.6 is 0 Å². The first-order chi connectivity index (χ1) is 9.10. The molecule has 1 aromatic carbocycles. The number of carbonyl (C=O) groups excluding carboxylic acids is 1. The van der Waals surface area contributed by atoms with E-state index in [0.717, 1.165) is 5.56 Å². The van der Waals surface area contributed by atoms with Crippen LogP contribution in [-0.4, -0.2) is 10.4 Å². The van der Waals surface area contributed by atoms with Crippen molar-refractivity contribution in [3.05, 3.63) is 69.6 Å². The molecule has 19 heavy (non-hydrogen) atoms. The van der Waals surface area contributed by atoms with E-state index in [-0.39, 0.29) is 17.8 Å². The summed E-state index contributed by atoms with van der Waals surface area (Å²) in [6, 6.07) is 11.7. The van der Waals surface area contributed by atoms with Gasteiger partial charge in [0, 0.05) is 31.3 Å². The van der Waals surface area contributed by atoms with E-state index < -0.39 is 0 Å². The van der Waals surface area contributed by atoms with E-state index in [1.807, 2.05) is 6.07 Å². The SMILES string of the molecule is Cn1cc(CC(=O)c2cccc(C#N)c2)ccc1=O. The molecule has 0 N–H and O–H groups in total. The zero-order valence-electron chi connectivity index (χ0n) is 10.5. The van der Waals surface area contributed by atoms with E-state index in [4.69, 9.17) is 5.26 Å². The molecule has 0 radical (unpaired) electrons. The third-order valence-corrected chi connectivity index (χ3v) is 2.83. The van der Waals surface area contributed by atoms with E-state index in [9.17, 15) is 9.59 Å². The molecule has 0 aliphatic rings. The third kappa shape index (κ3) is 2.96. The van der Waals surface area contributed by atoms with Gasteiger partial charge in [0.1, 0.15) is 0 Å². The predicted molar refractivity (Wildman–Crippen MR) is 70.9 cm³/mol. The number of hydrogen-bond donors (Lipinski definition) is 0. The smallest absolute Gasteiger partial charge is 0.250 e. The molecule has 0 fully saturated rings. The van der Waals surface area contributed by atoms with Gasteiger partial charge in [0.15, 0.2) is 5.78 Å². The average Bonchev–Trinajstić information content (AvgIpc) is 2.43. The molecule has 4 nitrogen and oxygen atoms in total. The van der Waals surface area contributed by atoms with Crippen molar-refractivity contribution in [3.8, 4) is 6.07 Å². The normalized spacial score (nSPS) is 9.89. The number of aryl methyl sites for hydroxylation is 1. The number of nitrogens with zero attached hydrogens (tertiary/aromatic N) is 2. The van der Waals surface area contributed by atoms with Crippen molar-refractivity contribution in [2.24, 2.45) is 7.05 Å². The Morgan fingerprint density at radius 1 is 1.32 bits per heavy atom. The Morgan fingerprint density at radius 2 is 2.11 bits per heavy atom. The number of rotatable bonds is 3. The van der Waals surface area contributed by atoms with Gasteiger partial charge in [-0.3, -0.25) is 9.59 Å². The number of hydrogen-bond acceptors (Lipinski definition) is 3. The molecule has 1 heterocycles. The molecule has 0 aliphatic heterocycles. The summed E-state index contributed by atoms with van der Waals surface area (Å²) in [6.07, 6.45) is 1.86. The number of ketones is 1. The first kappa shape index (κ1) is 12.8. The van der Waals surface area contributed by atoms with Gasteiger partial charge in [0.25, 0.3) is 0 Å². The maximum absolute atomic E-state index is 12.1. The molecule has 0 saturated carbocycles. The van der Waals surface area contributed by atoms with Crippen molar-refractivity contribution in [1.29, 1.82) is 5.26 Å². The molecule has 2 aromatic rings. The van der Waals surface area contributed by atoms with Crippen molar-refractivity contribution in [2.45, 2.75) is 6.42 Å². The fourth-order valence-electron chi connectivity index (χ4n) is 1.81. The summed E-state index contributed by atoms with van der Waals surface area (Å²) in [5.74, 6) is -0.0734. The second-order valence-corrected chi connectivity index (χ2v) is 4.28. The second kappa shape index (κ2) is 5.32. The predicted octanol–water partition coefficient (Wildman–Crippen LogP) is 1.68. The van der Waals surface area contributed by atoms with Gasteiger partial charge in [-0.05, 0) is 17.7 Å². The molecule has 0 saturated heterocycles. The van der Waals surface area contributed by atoms with Gasteiger partial charge in [-0.25, -0.2) is 0 Å². The van der Waals surface area contributed by atoms with Crippen LogP contribution in [0.3, 0.4) is 0 Å². The number of carbonyl (C=O) groups is 1. The topological polar surface area (TPSA) is 62.9 Å². The number of pyridine rings is 1. The fraction of sp³-hybridized carbons (Fsp3) is 0.133. The fourth-order valence-corrected chi connectivity index (χ4v) is 1.81. The lowest BCUT2D eigenvalue weighted by Gasteiger charge is -2.04. The second-order valence-electron chi connectivity index (χ2n) is 4.28. The molecular formula is C15H12N2O2. The minimum Gasteiger partial charge on any atom is -0.318 e. The van der Waals surface area contributed by atoms with Gasteiger partial charge in [-0.15, -0.1) is 0 Å². The molecule has 0 spiro atoms. The lowest BCUT2D eigenvalue weighted by Crippen LogP contribution is -2.16. The van der Waals surface area contributed by atoms with Crippen molar-refractivity contribution < 1.29 is 4.79 Å². The summed E-state index contributed by atoms with van der Waals surface area (Å²) in [4.78, 5) is 23.3. The van der Waals surface area contributed by atoms with Crippen molar-refractivity contribution >= 4 is 5.78 Å². The van der Waals surface area contributed by atoms with Crippen LogP contribution < -0.4 is 5.56 Å². The van der Waals surface area contributed by atoms with Crippen LogP contribution in [0, 0.1) is 11.3 Å². The molecule has 0 atom stereocenters. The monoisotopic (exact) mass is 252 g/mol. The van der Waals surface area contributed by atoms with E-state index in [1.165, 1.54) is 10.6 Å². The molecule has 2 rings (SSSR count). The summed E-state index contributed by atoms with van der Waals surface area (Å²) >= 11 is 0. The highest BCUT2D eigenvalue weighted by atomic mass is 16.1. The quantitative estimate of drug-likeness (QED) is 0.781. The van der Waals surface area contributed by atoms with Crippen LogP contribution in [0.2, 0.25) is 0 Å². The molecule has 1 aromatic heterocycles. The first-order valence-corrected chi connectivity index (χ1v) is 5.79. The molecule has 0 aliphatic carbocycles. The van der Waals surface area contributed by atoms with Gasteiger partial charge >= 0.3 is 0 Å². The van der Waals surface area contributed by atoms with Crippen LogP contribution in [0.15, 0.2) is 47.4 Å². The maximum atomic E-state index is 12.1. The Morgan fingerprint density at radius 3 is 2.79 bits per heavy atom. The summed E-state index contributed by atoms with van der Waals surface area (Å²) in [7, 11) is 1.65. The maximum Gasteiger partial charge on any atom is 0.250 e. The van der Waals surface area contributed by atoms with Crippen LogP contribution in [0.1, 0.15) is 21.5 Å². The van der Waals surface area contributed by atoms with Gasteiger partial charge in [0.05, 0.1) is 11.6 Å². The first-order valence-electron chi connectivity index (χ1n) is 5.79. The van der Waals surface area contributed by atoms with Gasteiger partial charge in [0.2, 0.25) is 5.56 Å². The highest BCUT2D eigenvalue weighted by molar-refractivity contribution is 5.97. The average molecular weight is 252 g/mol. The summed E-state index contributed by atoms with van der Waals surface area (Å²) in [5.41, 5.74) is 1.64. The minimum atomic E-state index is -0.109. The van der Waals surface area contributed by atoms with Crippen molar-refractivity contribution in [2.75, 3.05) is 0 Å². The standard InChI is InChI=1S/C15H12N2O2/c1-17-10-12(5-6-15(17)19)8-14(18)13-4-2-3-11(7-13)9-16/h2-7,10H,8H2,1H3. The molecule has 4 heteroatoms. The summed E-state index contributed by atoms with van der Waals surface area (Å²) < 4.78 is 1.44. The Kier molecular flexibility index (Phi) is 3.58. The van der Waals surface area contributed by atoms with Crippen LogP contribution in [-0.2, 0) is 13.5 Å². The van der Waals surface area contributed by atoms with Crippen LogP contribution in [0.4, 0.5) is 0 Å². The highest BCUT2D eigenvalue weighted by Crippen LogP contribution is 2.08. The van der Waals surface area contributed by atoms with E-state index in [2.05, 4.69) is 0 Å². The van der Waals surface area contributed by atoms with Gasteiger partial charge in [-0.2, -0.15) is 5.26 Å². The van der Waals surface area contributed by atoms with Gasteiger partial charge < -0.3 is 4.57 Å². The number of Topliss-reactive ketones (excluding diaryl/α,β-unsaturated/α-hetero) is 1. The number of aromatic nitrogens is 1. The van der Waals surface area contributed by atoms with E-state index in [0.29, 0.717) is 11.1 Å². The van der Waals surface area contributed by atoms with E-state index >= 15 is 0 Å². The third-order valence-electron chi connectivity index (χ3n) is 2.83. The Labute approximate surface area is 110 Å². The number of nitriles is 1. The highest BCUT2D eigenvalue weighted by Gasteiger charge is 2.08. The summed E-state index contributed by atoms with van der Waals surface area (Å²) in [5, 5.41) is 8.80. The number of benzene rings is 1.